The number of benzene rings is 2. The molecule has 114 valence electrons. The van der Waals surface area contributed by atoms with Gasteiger partial charge in [0.1, 0.15) is 0 Å². The zero-order valence-corrected chi connectivity index (χ0v) is 13.1. The first-order valence-electron chi connectivity index (χ1n) is 7.18. The maximum atomic E-state index is 12.0. The van der Waals surface area contributed by atoms with Gasteiger partial charge in [0.25, 0.3) is 0 Å². The third kappa shape index (κ3) is 3.95. The Morgan fingerprint density at radius 3 is 2.09 bits per heavy atom. The minimum Gasteiger partial charge on any atom is -0.344 e. The molecule has 0 saturated carbocycles. The van der Waals surface area contributed by atoms with Gasteiger partial charge < -0.3 is 10.6 Å². The van der Waals surface area contributed by atoms with Gasteiger partial charge in [-0.1, -0.05) is 48.0 Å². The van der Waals surface area contributed by atoms with Gasteiger partial charge in [-0.3, -0.25) is 9.59 Å². The third-order valence-corrected chi connectivity index (χ3v) is 3.42. The lowest BCUT2D eigenvalue weighted by Gasteiger charge is -2.12. The molecule has 0 aromatic heterocycles. The van der Waals surface area contributed by atoms with Crippen molar-refractivity contribution in [2.45, 2.75) is 27.3 Å². The van der Waals surface area contributed by atoms with Crippen LogP contribution >= 0.6 is 0 Å². The summed E-state index contributed by atoms with van der Waals surface area (Å²) in [5, 5.41) is 5.31. The maximum Gasteiger partial charge on any atom is 0.313 e. The Hall–Kier alpha value is -2.62. The van der Waals surface area contributed by atoms with Crippen molar-refractivity contribution in [3.05, 3.63) is 64.7 Å². The number of hydrogen-bond donors (Lipinski definition) is 2. The van der Waals surface area contributed by atoms with Crippen molar-refractivity contribution in [3.8, 4) is 0 Å². The van der Waals surface area contributed by atoms with E-state index >= 15 is 0 Å². The van der Waals surface area contributed by atoms with E-state index in [4.69, 9.17) is 0 Å². The van der Waals surface area contributed by atoms with Crippen LogP contribution in [0.1, 0.15) is 22.3 Å². The molecule has 0 radical (unpaired) electrons. The number of carbonyl (C=O) groups excluding carboxylic acids is 2. The maximum absolute atomic E-state index is 12.0. The molecule has 2 rings (SSSR count). The van der Waals surface area contributed by atoms with Crippen LogP contribution in [-0.4, -0.2) is 11.8 Å². The van der Waals surface area contributed by atoms with E-state index in [1.165, 1.54) is 0 Å². The Morgan fingerprint density at radius 1 is 0.909 bits per heavy atom. The third-order valence-electron chi connectivity index (χ3n) is 3.42. The van der Waals surface area contributed by atoms with Crippen LogP contribution in [-0.2, 0) is 16.1 Å². The summed E-state index contributed by atoms with van der Waals surface area (Å²) in [6.07, 6.45) is 0. The lowest BCUT2D eigenvalue weighted by atomic mass is 10.1. The molecule has 0 aliphatic heterocycles. The Kier molecular flexibility index (Phi) is 4.94. The van der Waals surface area contributed by atoms with E-state index in [-0.39, 0.29) is 0 Å². The van der Waals surface area contributed by atoms with Gasteiger partial charge in [-0.15, -0.1) is 0 Å². The molecule has 0 unspecified atom stereocenters. The van der Waals surface area contributed by atoms with E-state index in [1.54, 1.807) is 0 Å². The van der Waals surface area contributed by atoms with Crippen LogP contribution < -0.4 is 10.6 Å². The number of aryl methyl sites for hydroxylation is 3. The first-order valence-corrected chi connectivity index (χ1v) is 7.18. The van der Waals surface area contributed by atoms with E-state index in [2.05, 4.69) is 10.6 Å². The zero-order valence-electron chi connectivity index (χ0n) is 13.1. The molecule has 0 heterocycles. The van der Waals surface area contributed by atoms with Crippen LogP contribution in [0, 0.1) is 20.8 Å². The normalized spacial score (nSPS) is 10.1. The first-order chi connectivity index (χ1) is 10.5. The molecule has 0 fully saturated rings. The summed E-state index contributed by atoms with van der Waals surface area (Å²) in [6.45, 7) is 6.16. The minimum absolute atomic E-state index is 0.332. The first kappa shape index (κ1) is 15.8. The molecule has 0 atom stereocenters. The molecule has 2 amide bonds. The fraction of sp³-hybridized carbons (Fsp3) is 0.222. The van der Waals surface area contributed by atoms with Crippen molar-refractivity contribution in [1.29, 1.82) is 0 Å². The highest BCUT2D eigenvalue weighted by molar-refractivity contribution is 6.39. The van der Waals surface area contributed by atoms with Gasteiger partial charge >= 0.3 is 11.8 Å². The van der Waals surface area contributed by atoms with Gasteiger partial charge in [0, 0.05) is 12.2 Å². The van der Waals surface area contributed by atoms with Crippen LogP contribution in [0.15, 0.2) is 42.5 Å². The van der Waals surface area contributed by atoms with Crippen molar-refractivity contribution in [3.63, 3.8) is 0 Å². The van der Waals surface area contributed by atoms with Crippen molar-refractivity contribution in [2.24, 2.45) is 0 Å². The molecule has 0 aliphatic rings. The second-order valence-corrected chi connectivity index (χ2v) is 5.40. The topological polar surface area (TPSA) is 58.2 Å². The highest BCUT2D eigenvalue weighted by Gasteiger charge is 2.15. The van der Waals surface area contributed by atoms with E-state index in [1.807, 2.05) is 63.2 Å². The lowest BCUT2D eigenvalue weighted by molar-refractivity contribution is -0.136. The van der Waals surface area contributed by atoms with E-state index in [0.29, 0.717) is 12.2 Å². The average Bonchev–Trinajstić information content (AvgIpc) is 2.49. The monoisotopic (exact) mass is 296 g/mol. The van der Waals surface area contributed by atoms with Crippen LogP contribution in [0.2, 0.25) is 0 Å². The second kappa shape index (κ2) is 6.89. The molecule has 2 aromatic carbocycles. The predicted molar refractivity (Wildman–Crippen MR) is 87.6 cm³/mol. The Morgan fingerprint density at radius 2 is 1.50 bits per heavy atom. The summed E-state index contributed by atoms with van der Waals surface area (Å²) < 4.78 is 0. The zero-order chi connectivity index (χ0) is 16.1. The van der Waals surface area contributed by atoms with E-state index in [9.17, 15) is 9.59 Å². The van der Waals surface area contributed by atoms with Crippen molar-refractivity contribution in [2.75, 3.05) is 5.32 Å². The molecule has 0 spiro atoms. The highest BCUT2D eigenvalue weighted by atomic mass is 16.2. The number of anilines is 1. The fourth-order valence-electron chi connectivity index (χ4n) is 2.41. The van der Waals surface area contributed by atoms with Gasteiger partial charge in [0.05, 0.1) is 0 Å². The van der Waals surface area contributed by atoms with Crippen LogP contribution in [0.5, 0.6) is 0 Å². The van der Waals surface area contributed by atoms with Crippen molar-refractivity contribution in [1.82, 2.24) is 5.32 Å². The average molecular weight is 296 g/mol. The number of carbonyl (C=O) groups is 2. The highest BCUT2D eigenvalue weighted by Crippen LogP contribution is 2.21. The minimum atomic E-state index is -0.647. The number of amides is 2. The summed E-state index contributed by atoms with van der Waals surface area (Å²) in [5.41, 5.74) is 4.67. The molecule has 0 aliphatic carbocycles. The van der Waals surface area contributed by atoms with Crippen molar-refractivity contribution >= 4 is 17.5 Å². The van der Waals surface area contributed by atoms with Gasteiger partial charge in [-0.25, -0.2) is 0 Å². The fourth-order valence-corrected chi connectivity index (χ4v) is 2.41. The summed E-state index contributed by atoms with van der Waals surface area (Å²) in [5.74, 6) is -1.28. The van der Waals surface area contributed by atoms with Gasteiger partial charge in [-0.2, -0.15) is 0 Å². The van der Waals surface area contributed by atoms with Crippen LogP contribution in [0.3, 0.4) is 0 Å². The van der Waals surface area contributed by atoms with Crippen LogP contribution in [0.4, 0.5) is 5.69 Å². The molecule has 2 aromatic rings. The van der Waals surface area contributed by atoms with E-state index < -0.39 is 11.8 Å². The summed E-state index contributed by atoms with van der Waals surface area (Å²) in [7, 11) is 0. The summed E-state index contributed by atoms with van der Waals surface area (Å²) in [6, 6.07) is 13.4. The predicted octanol–water partition coefficient (Wildman–Crippen LogP) is 2.87. The van der Waals surface area contributed by atoms with Gasteiger partial charge in [-0.05, 0) is 37.5 Å². The Labute approximate surface area is 130 Å². The quantitative estimate of drug-likeness (QED) is 0.856. The van der Waals surface area contributed by atoms with Gasteiger partial charge in [0.2, 0.25) is 0 Å². The van der Waals surface area contributed by atoms with Crippen molar-refractivity contribution < 1.29 is 9.59 Å². The number of hydrogen-bond acceptors (Lipinski definition) is 2. The lowest BCUT2D eigenvalue weighted by Crippen LogP contribution is -2.35. The standard InChI is InChI=1S/C18H20N2O2/c1-12-9-13(2)16(14(3)10-12)20-18(22)17(21)19-11-15-7-5-4-6-8-15/h4-10H,11H2,1-3H3,(H,19,21)(H,20,22). The molecule has 4 nitrogen and oxygen atoms in total. The molecule has 0 saturated heterocycles. The molecule has 22 heavy (non-hydrogen) atoms. The van der Waals surface area contributed by atoms with Gasteiger partial charge in [0.15, 0.2) is 0 Å². The van der Waals surface area contributed by atoms with E-state index in [0.717, 1.165) is 22.3 Å². The SMILES string of the molecule is Cc1cc(C)c(NC(=O)C(=O)NCc2ccccc2)c(C)c1. The summed E-state index contributed by atoms with van der Waals surface area (Å²) >= 11 is 0. The molecular formula is C18H20N2O2. The smallest absolute Gasteiger partial charge is 0.313 e. The van der Waals surface area contributed by atoms with Crippen LogP contribution in [0.25, 0.3) is 0 Å². The Balaban J connectivity index is 1.99. The number of nitrogens with one attached hydrogen (secondary N) is 2. The largest absolute Gasteiger partial charge is 0.344 e. The Bertz CT molecular complexity index is 670. The molecule has 0 bridgehead atoms. The molecular weight excluding hydrogens is 276 g/mol. The summed E-state index contributed by atoms with van der Waals surface area (Å²) in [4.78, 5) is 23.9. The molecule has 4 heteroatoms. The molecule has 2 N–H and O–H groups in total. The number of rotatable bonds is 3. The second-order valence-electron chi connectivity index (χ2n) is 5.40.